The minimum Gasteiger partial charge on any atom is -0.406 e. The molecule has 0 saturated heterocycles. The molecule has 0 saturated carbocycles. The van der Waals surface area contributed by atoms with E-state index in [-0.39, 0.29) is 24.4 Å². The molecule has 0 aromatic heterocycles. The zero-order chi connectivity index (χ0) is 15.2. The third kappa shape index (κ3) is 5.79. The Bertz CT molecular complexity index is 392. The minimum absolute atomic E-state index is 0.00793. The molecule has 6 heteroatoms. The molecule has 1 rings (SSSR count). The van der Waals surface area contributed by atoms with Gasteiger partial charge in [-0.3, -0.25) is 0 Å². The van der Waals surface area contributed by atoms with Crippen LogP contribution in [0.4, 0.5) is 13.2 Å². The molecule has 0 spiro atoms. The number of nitrogens with one attached hydrogen (secondary N) is 1. The average molecular weight is 291 g/mol. The summed E-state index contributed by atoms with van der Waals surface area (Å²) in [5.41, 5.74) is 0.871. The molecule has 0 heterocycles. The van der Waals surface area contributed by atoms with Crippen molar-refractivity contribution in [1.29, 1.82) is 0 Å². The van der Waals surface area contributed by atoms with Gasteiger partial charge in [0.05, 0.1) is 0 Å². The molecule has 1 aromatic rings. The molecule has 2 atom stereocenters. The van der Waals surface area contributed by atoms with Gasteiger partial charge in [-0.05, 0) is 37.5 Å². The van der Waals surface area contributed by atoms with Crippen LogP contribution in [-0.4, -0.2) is 24.1 Å². The summed E-state index contributed by atoms with van der Waals surface area (Å²) in [6, 6.07) is 5.98. The molecule has 0 fully saturated rings. The smallest absolute Gasteiger partial charge is 0.406 e. The fourth-order valence-corrected chi connectivity index (χ4v) is 1.97. The van der Waals surface area contributed by atoms with E-state index in [4.69, 9.17) is 5.11 Å². The van der Waals surface area contributed by atoms with Crippen molar-refractivity contribution >= 4 is 0 Å². The van der Waals surface area contributed by atoms with Crippen molar-refractivity contribution in [3.8, 4) is 5.75 Å². The van der Waals surface area contributed by atoms with Gasteiger partial charge in [0.1, 0.15) is 5.75 Å². The lowest BCUT2D eigenvalue weighted by Crippen LogP contribution is -2.31. The van der Waals surface area contributed by atoms with E-state index in [1.165, 1.54) is 12.1 Å². The van der Waals surface area contributed by atoms with Crippen molar-refractivity contribution in [2.45, 2.75) is 45.1 Å². The number of aliphatic hydroxyl groups excluding tert-OH is 1. The van der Waals surface area contributed by atoms with Crippen LogP contribution in [0, 0.1) is 0 Å². The molecular weight excluding hydrogens is 271 g/mol. The Labute approximate surface area is 116 Å². The van der Waals surface area contributed by atoms with Crippen LogP contribution in [0.5, 0.6) is 5.75 Å². The Morgan fingerprint density at radius 3 is 2.30 bits per heavy atom. The first-order chi connectivity index (χ1) is 9.35. The first kappa shape index (κ1) is 16.8. The van der Waals surface area contributed by atoms with E-state index in [0.29, 0.717) is 6.42 Å². The Kier molecular flexibility index (Phi) is 6.29. The molecule has 0 radical (unpaired) electrons. The molecule has 1 aromatic carbocycles. The lowest BCUT2D eigenvalue weighted by atomic mass is 10.1. The van der Waals surface area contributed by atoms with E-state index in [1.54, 1.807) is 12.1 Å². The van der Waals surface area contributed by atoms with E-state index >= 15 is 0 Å². The van der Waals surface area contributed by atoms with E-state index in [1.807, 2.05) is 13.8 Å². The van der Waals surface area contributed by atoms with Crippen molar-refractivity contribution in [2.75, 3.05) is 6.61 Å². The second kappa shape index (κ2) is 7.50. The molecular formula is C14H20F3NO2. The molecule has 0 aliphatic rings. The van der Waals surface area contributed by atoms with Gasteiger partial charge >= 0.3 is 6.36 Å². The molecule has 2 N–H and O–H groups in total. The molecule has 3 nitrogen and oxygen atoms in total. The first-order valence-electron chi connectivity index (χ1n) is 6.58. The highest BCUT2D eigenvalue weighted by Crippen LogP contribution is 2.24. The van der Waals surface area contributed by atoms with Crippen LogP contribution >= 0.6 is 0 Å². The van der Waals surface area contributed by atoms with Gasteiger partial charge in [-0.2, -0.15) is 0 Å². The highest BCUT2D eigenvalue weighted by atomic mass is 19.4. The SMILES string of the molecule is CCC(CCO)NC(C)c1ccc(OC(F)(F)F)cc1. The van der Waals surface area contributed by atoms with E-state index < -0.39 is 6.36 Å². The molecule has 114 valence electrons. The van der Waals surface area contributed by atoms with Crippen LogP contribution in [0.2, 0.25) is 0 Å². The third-order valence-electron chi connectivity index (χ3n) is 3.07. The second-order valence-electron chi connectivity index (χ2n) is 4.62. The molecule has 0 bridgehead atoms. The summed E-state index contributed by atoms with van der Waals surface area (Å²) in [7, 11) is 0. The number of halogens is 3. The maximum absolute atomic E-state index is 12.0. The predicted octanol–water partition coefficient (Wildman–Crippen LogP) is 3.40. The quantitative estimate of drug-likeness (QED) is 0.809. The van der Waals surface area contributed by atoms with E-state index in [2.05, 4.69) is 10.1 Å². The monoisotopic (exact) mass is 291 g/mol. The highest BCUT2D eigenvalue weighted by molar-refractivity contribution is 5.29. The van der Waals surface area contributed by atoms with Crippen molar-refractivity contribution in [3.05, 3.63) is 29.8 Å². The zero-order valence-electron chi connectivity index (χ0n) is 11.6. The Morgan fingerprint density at radius 2 is 1.85 bits per heavy atom. The third-order valence-corrected chi connectivity index (χ3v) is 3.07. The van der Waals surface area contributed by atoms with Crippen LogP contribution in [0.15, 0.2) is 24.3 Å². The number of aliphatic hydroxyl groups is 1. The van der Waals surface area contributed by atoms with Crippen LogP contribution in [-0.2, 0) is 0 Å². The maximum atomic E-state index is 12.0. The molecule has 20 heavy (non-hydrogen) atoms. The summed E-state index contributed by atoms with van der Waals surface area (Å²) >= 11 is 0. The maximum Gasteiger partial charge on any atom is 0.573 e. The number of hydrogen-bond donors (Lipinski definition) is 2. The topological polar surface area (TPSA) is 41.5 Å². The number of benzene rings is 1. The van der Waals surface area contributed by atoms with Gasteiger partial charge < -0.3 is 15.2 Å². The summed E-state index contributed by atoms with van der Waals surface area (Å²) in [4.78, 5) is 0. The number of rotatable bonds is 7. The van der Waals surface area contributed by atoms with Gasteiger partial charge in [-0.15, -0.1) is 13.2 Å². The lowest BCUT2D eigenvalue weighted by molar-refractivity contribution is -0.274. The lowest BCUT2D eigenvalue weighted by Gasteiger charge is -2.22. The van der Waals surface area contributed by atoms with Crippen LogP contribution < -0.4 is 10.1 Å². The fraction of sp³-hybridized carbons (Fsp3) is 0.571. The van der Waals surface area contributed by atoms with Crippen LogP contribution in [0.25, 0.3) is 0 Å². The van der Waals surface area contributed by atoms with Gasteiger partial charge in [-0.25, -0.2) is 0 Å². The highest BCUT2D eigenvalue weighted by Gasteiger charge is 2.31. The normalized spacial score (nSPS) is 14.9. The average Bonchev–Trinajstić information content (AvgIpc) is 2.37. The van der Waals surface area contributed by atoms with Crippen molar-refractivity contribution in [3.63, 3.8) is 0 Å². The van der Waals surface area contributed by atoms with Crippen molar-refractivity contribution in [1.82, 2.24) is 5.32 Å². The summed E-state index contributed by atoms with van der Waals surface area (Å²) in [5.74, 6) is -0.226. The largest absolute Gasteiger partial charge is 0.573 e. The van der Waals surface area contributed by atoms with Gasteiger partial charge in [0, 0.05) is 18.7 Å². The molecule has 0 amide bonds. The van der Waals surface area contributed by atoms with Gasteiger partial charge in [0.25, 0.3) is 0 Å². The summed E-state index contributed by atoms with van der Waals surface area (Å²) in [6.45, 7) is 4.05. The Morgan fingerprint density at radius 1 is 1.25 bits per heavy atom. The summed E-state index contributed by atoms with van der Waals surface area (Å²) in [5, 5.41) is 12.3. The Hall–Kier alpha value is -1.27. The van der Waals surface area contributed by atoms with Gasteiger partial charge in [-0.1, -0.05) is 19.1 Å². The van der Waals surface area contributed by atoms with Gasteiger partial charge in [0.2, 0.25) is 0 Å². The van der Waals surface area contributed by atoms with Crippen molar-refractivity contribution < 1.29 is 23.0 Å². The second-order valence-corrected chi connectivity index (χ2v) is 4.62. The Balaban J connectivity index is 2.63. The van der Waals surface area contributed by atoms with Gasteiger partial charge in [0.15, 0.2) is 0 Å². The molecule has 2 unspecified atom stereocenters. The minimum atomic E-state index is -4.67. The fourth-order valence-electron chi connectivity index (χ4n) is 1.97. The van der Waals surface area contributed by atoms with E-state index in [9.17, 15) is 13.2 Å². The summed E-state index contributed by atoms with van der Waals surface area (Å²) < 4.78 is 40.0. The van der Waals surface area contributed by atoms with E-state index in [0.717, 1.165) is 12.0 Å². The molecule has 0 aliphatic heterocycles. The van der Waals surface area contributed by atoms with Crippen LogP contribution in [0.3, 0.4) is 0 Å². The summed E-state index contributed by atoms with van der Waals surface area (Å²) in [6.07, 6.45) is -3.14. The first-order valence-corrected chi connectivity index (χ1v) is 6.58. The number of ether oxygens (including phenoxy) is 1. The van der Waals surface area contributed by atoms with Crippen LogP contribution in [0.1, 0.15) is 38.3 Å². The predicted molar refractivity (Wildman–Crippen MR) is 70.5 cm³/mol. The number of hydrogen-bond acceptors (Lipinski definition) is 3. The van der Waals surface area contributed by atoms with Crippen molar-refractivity contribution in [2.24, 2.45) is 0 Å². The zero-order valence-corrected chi connectivity index (χ0v) is 11.6. The number of alkyl halides is 3. The molecule has 0 aliphatic carbocycles. The standard InChI is InChI=1S/C14H20F3NO2/c1-3-12(8-9-19)18-10(2)11-4-6-13(7-5-11)20-14(15,16)17/h4-7,10,12,18-19H,3,8-9H2,1-2H3.